The van der Waals surface area contributed by atoms with E-state index in [9.17, 15) is 4.79 Å². The summed E-state index contributed by atoms with van der Waals surface area (Å²) in [4.78, 5) is 10.8. The zero-order chi connectivity index (χ0) is 12.7. The summed E-state index contributed by atoms with van der Waals surface area (Å²) in [7, 11) is 1.34. The van der Waals surface area contributed by atoms with E-state index in [-0.39, 0.29) is 0 Å². The van der Waals surface area contributed by atoms with Crippen molar-refractivity contribution < 1.29 is 14.3 Å². The Morgan fingerprint density at radius 2 is 2.12 bits per heavy atom. The third-order valence-electron chi connectivity index (χ3n) is 2.08. The summed E-state index contributed by atoms with van der Waals surface area (Å²) in [5.74, 6) is 0.678. The second kappa shape index (κ2) is 6.75. The van der Waals surface area contributed by atoms with Crippen molar-refractivity contribution in [1.29, 1.82) is 0 Å². The van der Waals surface area contributed by atoms with Gasteiger partial charge in [-0.25, -0.2) is 4.79 Å². The van der Waals surface area contributed by atoms with E-state index >= 15 is 0 Å². The van der Waals surface area contributed by atoms with Crippen LogP contribution in [0.15, 0.2) is 24.3 Å². The van der Waals surface area contributed by atoms with Crippen LogP contribution in [0.2, 0.25) is 0 Å². The minimum atomic E-state index is -0.568. The van der Waals surface area contributed by atoms with Gasteiger partial charge in [0.15, 0.2) is 0 Å². The van der Waals surface area contributed by atoms with E-state index in [1.807, 2.05) is 24.3 Å². The molecule has 0 saturated carbocycles. The van der Waals surface area contributed by atoms with Crippen LogP contribution in [0.25, 0.3) is 0 Å². The Hall–Kier alpha value is -1.75. The van der Waals surface area contributed by atoms with Crippen molar-refractivity contribution in [3.8, 4) is 5.75 Å². The second-order valence-corrected chi connectivity index (χ2v) is 3.47. The highest BCUT2D eigenvalue weighted by molar-refractivity contribution is 5.66. The first-order valence-electron chi connectivity index (χ1n) is 5.28. The first kappa shape index (κ1) is 13.3. The number of nitrogens with one attached hydrogen (secondary N) is 1. The summed E-state index contributed by atoms with van der Waals surface area (Å²) in [5.41, 5.74) is 6.49. The molecule has 0 aliphatic heterocycles. The first-order valence-corrected chi connectivity index (χ1v) is 5.28. The Morgan fingerprint density at radius 1 is 1.47 bits per heavy atom. The zero-order valence-electron chi connectivity index (χ0n) is 9.81. The summed E-state index contributed by atoms with van der Waals surface area (Å²) in [6, 6.07) is 7.46. The SMILES string of the molecule is [CH2]C(N)Oc1ccc(CCNC(=O)OC)cc1. The van der Waals surface area contributed by atoms with Gasteiger partial charge in [-0.2, -0.15) is 0 Å². The number of rotatable bonds is 5. The molecule has 0 heterocycles. The van der Waals surface area contributed by atoms with Crippen LogP contribution < -0.4 is 15.8 Å². The van der Waals surface area contributed by atoms with E-state index in [0.29, 0.717) is 12.3 Å². The van der Waals surface area contributed by atoms with Gasteiger partial charge in [0.1, 0.15) is 12.0 Å². The molecule has 0 spiro atoms. The third-order valence-corrected chi connectivity index (χ3v) is 2.08. The van der Waals surface area contributed by atoms with E-state index in [2.05, 4.69) is 17.0 Å². The van der Waals surface area contributed by atoms with E-state index in [1.165, 1.54) is 7.11 Å². The van der Waals surface area contributed by atoms with Crippen LogP contribution in [-0.2, 0) is 11.2 Å². The summed E-state index contributed by atoms with van der Waals surface area (Å²) >= 11 is 0. The number of methoxy groups -OCH3 is 1. The van der Waals surface area contributed by atoms with E-state index in [1.54, 1.807) is 0 Å². The van der Waals surface area contributed by atoms with Crippen molar-refractivity contribution in [2.45, 2.75) is 12.6 Å². The molecule has 1 rings (SSSR count). The highest BCUT2D eigenvalue weighted by atomic mass is 16.5. The molecule has 0 fully saturated rings. The van der Waals surface area contributed by atoms with Gasteiger partial charge in [0.2, 0.25) is 0 Å². The molecule has 5 heteroatoms. The van der Waals surface area contributed by atoms with E-state index in [4.69, 9.17) is 10.5 Å². The molecule has 1 amide bonds. The van der Waals surface area contributed by atoms with Crippen LogP contribution in [0.4, 0.5) is 4.79 Å². The fourth-order valence-corrected chi connectivity index (χ4v) is 1.29. The van der Waals surface area contributed by atoms with E-state index < -0.39 is 12.3 Å². The summed E-state index contributed by atoms with van der Waals surface area (Å²) in [5, 5.41) is 2.61. The lowest BCUT2D eigenvalue weighted by Crippen LogP contribution is -2.25. The maximum Gasteiger partial charge on any atom is 0.406 e. The molecule has 1 aromatic rings. The van der Waals surface area contributed by atoms with Crippen LogP contribution in [-0.4, -0.2) is 26.0 Å². The van der Waals surface area contributed by atoms with Crippen molar-refractivity contribution in [2.75, 3.05) is 13.7 Å². The molecule has 0 bridgehead atoms. The lowest BCUT2D eigenvalue weighted by atomic mass is 10.1. The van der Waals surface area contributed by atoms with Gasteiger partial charge in [-0.05, 0) is 24.1 Å². The number of benzene rings is 1. The van der Waals surface area contributed by atoms with Crippen molar-refractivity contribution >= 4 is 6.09 Å². The van der Waals surface area contributed by atoms with Gasteiger partial charge in [0, 0.05) is 13.5 Å². The molecular formula is C12H17N2O3. The molecule has 1 radical (unpaired) electrons. The first-order chi connectivity index (χ1) is 8.11. The average Bonchev–Trinajstić information content (AvgIpc) is 2.30. The normalized spacial score (nSPS) is 11.7. The van der Waals surface area contributed by atoms with Crippen LogP contribution in [0.5, 0.6) is 5.75 Å². The molecule has 1 atom stereocenters. The molecule has 0 aliphatic carbocycles. The Morgan fingerprint density at radius 3 is 2.65 bits per heavy atom. The number of hydrogen-bond donors (Lipinski definition) is 2. The van der Waals surface area contributed by atoms with Gasteiger partial charge in [0.25, 0.3) is 0 Å². The quantitative estimate of drug-likeness (QED) is 0.752. The minimum Gasteiger partial charge on any atom is -0.476 e. The van der Waals surface area contributed by atoms with Crippen LogP contribution in [0.3, 0.4) is 0 Å². The van der Waals surface area contributed by atoms with Gasteiger partial charge in [-0.3, -0.25) is 5.73 Å². The Labute approximate surface area is 101 Å². The molecule has 1 unspecified atom stereocenters. The number of ether oxygens (including phenoxy) is 2. The Bertz CT molecular complexity index is 349. The van der Waals surface area contributed by atoms with Gasteiger partial charge in [-0.1, -0.05) is 12.1 Å². The van der Waals surface area contributed by atoms with Crippen molar-refractivity contribution in [2.24, 2.45) is 5.73 Å². The molecule has 17 heavy (non-hydrogen) atoms. The number of nitrogens with two attached hydrogens (primary N) is 1. The monoisotopic (exact) mass is 237 g/mol. The molecule has 0 aliphatic rings. The smallest absolute Gasteiger partial charge is 0.406 e. The van der Waals surface area contributed by atoms with Crippen molar-refractivity contribution in [3.63, 3.8) is 0 Å². The number of carbonyl (C=O) groups excluding carboxylic acids is 1. The zero-order valence-corrected chi connectivity index (χ0v) is 9.81. The predicted molar refractivity (Wildman–Crippen MR) is 64.5 cm³/mol. The van der Waals surface area contributed by atoms with Gasteiger partial charge >= 0.3 is 6.09 Å². The van der Waals surface area contributed by atoms with Gasteiger partial charge in [-0.15, -0.1) is 0 Å². The molecule has 0 aromatic heterocycles. The highest BCUT2D eigenvalue weighted by Gasteiger charge is 2.00. The number of hydrogen-bond acceptors (Lipinski definition) is 4. The maximum absolute atomic E-state index is 10.8. The van der Waals surface area contributed by atoms with Crippen LogP contribution >= 0.6 is 0 Å². The summed E-state index contributed by atoms with van der Waals surface area (Å²) in [6.45, 7) is 4.06. The van der Waals surface area contributed by atoms with E-state index in [0.717, 1.165) is 12.0 Å². The lowest BCUT2D eigenvalue weighted by Gasteiger charge is -2.10. The number of alkyl carbamates (subject to hydrolysis) is 1. The summed E-state index contributed by atoms with van der Waals surface area (Å²) in [6.07, 6.45) is -0.263. The van der Waals surface area contributed by atoms with Crippen LogP contribution in [0.1, 0.15) is 5.56 Å². The van der Waals surface area contributed by atoms with Crippen molar-refractivity contribution in [3.05, 3.63) is 36.8 Å². The van der Waals surface area contributed by atoms with Gasteiger partial charge in [0.05, 0.1) is 7.11 Å². The molecule has 5 nitrogen and oxygen atoms in total. The largest absolute Gasteiger partial charge is 0.476 e. The molecule has 3 N–H and O–H groups in total. The number of carbonyl (C=O) groups is 1. The number of amides is 1. The summed E-state index contributed by atoms with van der Waals surface area (Å²) < 4.78 is 9.67. The average molecular weight is 237 g/mol. The van der Waals surface area contributed by atoms with Crippen molar-refractivity contribution in [1.82, 2.24) is 5.32 Å². The molecule has 1 aromatic carbocycles. The molecule has 93 valence electrons. The lowest BCUT2D eigenvalue weighted by molar-refractivity contribution is 0.171. The van der Waals surface area contributed by atoms with Gasteiger partial charge < -0.3 is 14.8 Å². The minimum absolute atomic E-state index is 0.423. The Balaban J connectivity index is 2.37. The predicted octanol–water partition coefficient (Wildman–Crippen LogP) is 1.08. The second-order valence-electron chi connectivity index (χ2n) is 3.47. The molecule has 0 saturated heterocycles. The standard InChI is InChI=1S/C12H17N2O3/c1-9(13)17-11-5-3-10(4-6-11)7-8-14-12(15)16-2/h3-6,9H,1,7-8,13H2,2H3,(H,14,15). The fraction of sp³-hybridized carbons (Fsp3) is 0.333. The highest BCUT2D eigenvalue weighted by Crippen LogP contribution is 2.12. The third kappa shape index (κ3) is 5.21. The van der Waals surface area contributed by atoms with Crippen LogP contribution in [0, 0.1) is 6.92 Å². The maximum atomic E-state index is 10.8. The molecular weight excluding hydrogens is 220 g/mol. The topological polar surface area (TPSA) is 73.6 Å². The fourth-order valence-electron chi connectivity index (χ4n) is 1.29. The Kier molecular flexibility index (Phi) is 5.29.